The molecule has 2 fully saturated rings. The molecule has 1 amide bonds. The molecule has 5 rings (SSSR count). The van der Waals surface area contributed by atoms with Gasteiger partial charge in [0, 0.05) is 24.2 Å². The smallest absolute Gasteiger partial charge is 0.433 e. The zero-order valence-corrected chi connectivity index (χ0v) is 20.5. The Bertz CT molecular complexity index is 1290. The number of hydrogen-bond donors (Lipinski definition) is 0. The lowest BCUT2D eigenvalue weighted by atomic mass is 9.73. The van der Waals surface area contributed by atoms with Crippen LogP contribution in [-0.2, 0) is 6.18 Å². The fourth-order valence-corrected chi connectivity index (χ4v) is 5.87. The zero-order chi connectivity index (χ0) is 25.6. The van der Waals surface area contributed by atoms with Gasteiger partial charge in [0.25, 0.3) is 5.91 Å². The lowest BCUT2D eigenvalue weighted by molar-refractivity contribution is -0.142. The quantitative estimate of drug-likeness (QED) is 0.473. The van der Waals surface area contributed by atoms with E-state index in [1.165, 1.54) is 20.3 Å². The van der Waals surface area contributed by atoms with Crippen molar-refractivity contribution >= 4 is 11.6 Å². The van der Waals surface area contributed by atoms with Gasteiger partial charge in [-0.15, -0.1) is 0 Å². The van der Waals surface area contributed by atoms with E-state index in [1.807, 2.05) is 4.90 Å². The van der Waals surface area contributed by atoms with Crippen molar-refractivity contribution < 1.29 is 27.4 Å². The number of benzene rings is 1. The van der Waals surface area contributed by atoms with E-state index < -0.39 is 11.9 Å². The van der Waals surface area contributed by atoms with Crippen LogP contribution in [0.1, 0.15) is 55.2 Å². The van der Waals surface area contributed by atoms with Crippen molar-refractivity contribution in [2.24, 2.45) is 11.8 Å². The van der Waals surface area contributed by atoms with Crippen LogP contribution in [0.5, 0.6) is 11.5 Å². The predicted octanol–water partition coefficient (Wildman–Crippen LogP) is 5.47. The fraction of sp³-hybridized carbons (Fsp3) is 0.500. The molecule has 0 radical (unpaired) electrons. The Morgan fingerprint density at radius 1 is 1.03 bits per heavy atom. The molecule has 2 aromatic heterocycles. The molecular formula is C26H29F3N4O3. The summed E-state index contributed by atoms with van der Waals surface area (Å²) < 4.78 is 53.5. The van der Waals surface area contributed by atoms with Crippen LogP contribution in [0.3, 0.4) is 0 Å². The molecule has 7 nitrogen and oxygen atoms in total. The van der Waals surface area contributed by atoms with Crippen LogP contribution in [0.15, 0.2) is 30.3 Å². The van der Waals surface area contributed by atoms with Crippen LogP contribution in [0.4, 0.5) is 13.2 Å². The number of rotatable bonds is 4. The minimum absolute atomic E-state index is 0.0177. The molecule has 0 bridgehead atoms. The number of halogens is 3. The molecule has 3 atom stereocenters. The molecule has 1 aliphatic carbocycles. The topological polar surface area (TPSA) is 69.0 Å². The molecular weight excluding hydrogens is 473 g/mol. The van der Waals surface area contributed by atoms with Gasteiger partial charge in [0.15, 0.2) is 28.5 Å². The lowest BCUT2D eigenvalue weighted by Gasteiger charge is -2.47. The molecule has 1 saturated heterocycles. The average Bonchev–Trinajstić information content (AvgIpc) is 3.30. The molecule has 1 saturated carbocycles. The Hall–Kier alpha value is -3.30. The molecule has 3 heterocycles. The van der Waals surface area contributed by atoms with Gasteiger partial charge in [-0.05, 0) is 61.8 Å². The van der Waals surface area contributed by atoms with E-state index in [-0.39, 0.29) is 29.0 Å². The second kappa shape index (κ2) is 9.29. The molecule has 1 aromatic carbocycles. The van der Waals surface area contributed by atoms with E-state index >= 15 is 0 Å². The first-order valence-corrected chi connectivity index (χ1v) is 12.2. The highest BCUT2D eigenvalue weighted by atomic mass is 19.4. The van der Waals surface area contributed by atoms with Crippen molar-refractivity contribution in [3.63, 3.8) is 0 Å². The first-order valence-electron chi connectivity index (χ1n) is 12.2. The standard InChI is InChI=1S/C26H29F3N4O3/c1-15-6-4-7-16-8-5-11-32(24(15)16)25(34)19-14-23-30-18(13-22(26(27,28)29)33(23)31-19)17-9-10-20(35-2)21(12-17)36-3/h9-10,12-16,24H,4-8,11H2,1-3H3/t15-,16-,24+/m0/s1. The number of nitrogens with zero attached hydrogens (tertiary/aromatic N) is 4. The highest BCUT2D eigenvalue weighted by Crippen LogP contribution is 2.40. The van der Waals surface area contributed by atoms with Gasteiger partial charge in [-0.25, -0.2) is 9.50 Å². The largest absolute Gasteiger partial charge is 0.493 e. The van der Waals surface area contributed by atoms with Gasteiger partial charge in [-0.2, -0.15) is 18.3 Å². The molecule has 0 N–H and O–H groups in total. The SMILES string of the molecule is COc1ccc(-c2cc(C(F)(F)F)n3nc(C(=O)N4CCC[C@@H]5CCC[C@H](C)[C@H]54)cc3n2)cc1OC. The molecule has 0 spiro atoms. The van der Waals surface area contributed by atoms with Gasteiger partial charge in [0.05, 0.1) is 19.9 Å². The van der Waals surface area contributed by atoms with Crippen molar-refractivity contribution in [2.75, 3.05) is 20.8 Å². The number of fused-ring (bicyclic) bond motifs is 2. The Labute approximate surface area is 207 Å². The molecule has 10 heteroatoms. The molecule has 36 heavy (non-hydrogen) atoms. The third kappa shape index (κ3) is 4.26. The molecule has 2 aliphatic rings. The summed E-state index contributed by atoms with van der Waals surface area (Å²) in [6.45, 7) is 2.75. The van der Waals surface area contributed by atoms with Crippen molar-refractivity contribution in [3.8, 4) is 22.8 Å². The highest BCUT2D eigenvalue weighted by Gasteiger charge is 2.41. The van der Waals surface area contributed by atoms with Gasteiger partial charge in [-0.3, -0.25) is 4.79 Å². The summed E-state index contributed by atoms with van der Waals surface area (Å²) in [5.74, 6) is 1.28. The number of carbonyl (C=O) groups is 1. The van der Waals surface area contributed by atoms with Gasteiger partial charge in [0.2, 0.25) is 0 Å². The summed E-state index contributed by atoms with van der Waals surface area (Å²) in [5.41, 5.74) is -0.545. The second-order valence-electron chi connectivity index (χ2n) is 9.69. The zero-order valence-electron chi connectivity index (χ0n) is 20.5. The van der Waals surface area contributed by atoms with E-state index in [9.17, 15) is 18.0 Å². The molecule has 192 valence electrons. The van der Waals surface area contributed by atoms with E-state index in [4.69, 9.17) is 9.47 Å². The van der Waals surface area contributed by atoms with Crippen LogP contribution in [0.25, 0.3) is 16.9 Å². The minimum atomic E-state index is -4.70. The number of piperidine rings is 1. The average molecular weight is 503 g/mol. The number of carbonyl (C=O) groups excluding carboxylic acids is 1. The van der Waals surface area contributed by atoms with Crippen LogP contribution < -0.4 is 9.47 Å². The predicted molar refractivity (Wildman–Crippen MR) is 127 cm³/mol. The number of likely N-dealkylation sites (tertiary alicyclic amines) is 1. The summed E-state index contributed by atoms with van der Waals surface area (Å²) in [5, 5.41) is 4.11. The first-order chi connectivity index (χ1) is 17.2. The Kier molecular flexibility index (Phi) is 6.30. The maximum Gasteiger partial charge on any atom is 0.433 e. The summed E-state index contributed by atoms with van der Waals surface area (Å²) >= 11 is 0. The van der Waals surface area contributed by atoms with Crippen LogP contribution in [0.2, 0.25) is 0 Å². The third-order valence-corrected chi connectivity index (χ3v) is 7.51. The van der Waals surface area contributed by atoms with Crippen LogP contribution >= 0.6 is 0 Å². The third-order valence-electron chi connectivity index (χ3n) is 7.51. The minimum Gasteiger partial charge on any atom is -0.493 e. The first kappa shape index (κ1) is 24.4. The number of alkyl halides is 3. The Morgan fingerprint density at radius 3 is 2.50 bits per heavy atom. The number of hydrogen-bond acceptors (Lipinski definition) is 5. The van der Waals surface area contributed by atoms with Gasteiger partial charge >= 0.3 is 6.18 Å². The van der Waals surface area contributed by atoms with Gasteiger partial charge in [0.1, 0.15) is 0 Å². The molecule has 3 aromatic rings. The lowest BCUT2D eigenvalue weighted by Crippen LogP contribution is -2.53. The monoisotopic (exact) mass is 502 g/mol. The Morgan fingerprint density at radius 2 is 1.78 bits per heavy atom. The van der Waals surface area contributed by atoms with Crippen molar-refractivity contribution in [1.82, 2.24) is 19.5 Å². The second-order valence-corrected chi connectivity index (χ2v) is 9.69. The van der Waals surface area contributed by atoms with Crippen molar-refractivity contribution in [3.05, 3.63) is 41.7 Å². The van der Waals surface area contributed by atoms with E-state index in [0.717, 1.165) is 42.7 Å². The van der Waals surface area contributed by atoms with E-state index in [0.29, 0.717) is 35.4 Å². The normalized spacial score (nSPS) is 22.4. The van der Waals surface area contributed by atoms with E-state index in [1.54, 1.807) is 18.2 Å². The number of ether oxygens (including phenoxy) is 2. The highest BCUT2D eigenvalue weighted by molar-refractivity contribution is 5.93. The molecule has 0 unspecified atom stereocenters. The summed E-state index contributed by atoms with van der Waals surface area (Å²) in [7, 11) is 2.93. The number of amides is 1. The van der Waals surface area contributed by atoms with E-state index in [2.05, 4.69) is 17.0 Å². The number of methoxy groups -OCH3 is 2. The summed E-state index contributed by atoms with van der Waals surface area (Å²) in [6.07, 6.45) is 0.549. The maximum absolute atomic E-state index is 14.1. The summed E-state index contributed by atoms with van der Waals surface area (Å²) in [6, 6.07) is 7.19. The van der Waals surface area contributed by atoms with Crippen molar-refractivity contribution in [1.29, 1.82) is 0 Å². The van der Waals surface area contributed by atoms with Crippen LogP contribution in [-0.4, -0.2) is 52.2 Å². The van der Waals surface area contributed by atoms with Gasteiger partial charge < -0.3 is 14.4 Å². The van der Waals surface area contributed by atoms with Crippen molar-refractivity contribution in [2.45, 2.75) is 51.2 Å². The van der Waals surface area contributed by atoms with Crippen LogP contribution in [0, 0.1) is 11.8 Å². The molecule has 1 aliphatic heterocycles. The maximum atomic E-state index is 14.1. The summed E-state index contributed by atoms with van der Waals surface area (Å²) in [4.78, 5) is 19.8. The fourth-order valence-electron chi connectivity index (χ4n) is 5.87. The van der Waals surface area contributed by atoms with Gasteiger partial charge in [-0.1, -0.05) is 13.3 Å². The number of aromatic nitrogens is 3. The Balaban J connectivity index is 1.57.